The summed E-state index contributed by atoms with van der Waals surface area (Å²) < 4.78 is 21.3. The van der Waals surface area contributed by atoms with Gasteiger partial charge in [-0.05, 0) is 70.7 Å². The molecule has 0 heterocycles. The van der Waals surface area contributed by atoms with Gasteiger partial charge in [0.2, 0.25) is 5.91 Å². The Labute approximate surface area is 218 Å². The van der Waals surface area contributed by atoms with Gasteiger partial charge in [-0.3, -0.25) is 9.59 Å². The van der Waals surface area contributed by atoms with E-state index >= 15 is 0 Å². The number of hydrogen-bond acceptors (Lipinski definition) is 8. The zero-order chi connectivity index (χ0) is 26.7. The third-order valence-electron chi connectivity index (χ3n) is 4.87. The Morgan fingerprint density at radius 2 is 1.75 bits per heavy atom. The van der Waals surface area contributed by atoms with Gasteiger partial charge in [0.15, 0.2) is 18.1 Å². The summed E-state index contributed by atoms with van der Waals surface area (Å²) in [7, 11) is 3.01. The summed E-state index contributed by atoms with van der Waals surface area (Å²) in [5.74, 6) is -1.42. The molecule has 1 unspecified atom stereocenters. The molecule has 2 aromatic carbocycles. The van der Waals surface area contributed by atoms with Gasteiger partial charge in [0, 0.05) is 5.69 Å². The quantitative estimate of drug-likeness (QED) is 0.174. The Hall–Kier alpha value is -3.60. The minimum atomic E-state index is -0.968. The maximum Gasteiger partial charge on any atom is 0.344 e. The molecule has 11 heteroatoms. The second-order valence-corrected chi connectivity index (χ2v) is 8.66. The summed E-state index contributed by atoms with van der Waals surface area (Å²) in [4.78, 5) is 37.1. The van der Waals surface area contributed by atoms with Gasteiger partial charge >= 0.3 is 5.97 Å². The van der Waals surface area contributed by atoms with Crippen LogP contribution in [0.2, 0.25) is 0 Å². The molecule has 0 spiro atoms. The van der Waals surface area contributed by atoms with Gasteiger partial charge in [0.1, 0.15) is 11.7 Å². The van der Waals surface area contributed by atoms with Crippen LogP contribution in [0, 0.1) is 11.8 Å². The Morgan fingerprint density at radius 3 is 2.33 bits per heavy atom. The van der Waals surface area contributed by atoms with Crippen molar-refractivity contribution in [1.29, 1.82) is 0 Å². The minimum Gasteiger partial charge on any atom is -0.497 e. The van der Waals surface area contributed by atoms with E-state index < -0.39 is 23.7 Å². The number of ether oxygens (including phenoxy) is 4. The van der Waals surface area contributed by atoms with E-state index in [0.29, 0.717) is 33.0 Å². The van der Waals surface area contributed by atoms with Crippen LogP contribution in [0.15, 0.2) is 46.0 Å². The van der Waals surface area contributed by atoms with Crippen molar-refractivity contribution in [3.05, 3.63) is 46.4 Å². The van der Waals surface area contributed by atoms with Crippen LogP contribution >= 0.6 is 15.9 Å². The second-order valence-electron chi connectivity index (χ2n) is 7.80. The van der Waals surface area contributed by atoms with Crippen LogP contribution in [0.3, 0.4) is 0 Å². The average Bonchev–Trinajstić information content (AvgIpc) is 2.83. The summed E-state index contributed by atoms with van der Waals surface area (Å²) >= 11 is 3.38. The van der Waals surface area contributed by atoms with Gasteiger partial charge in [-0.1, -0.05) is 13.8 Å². The van der Waals surface area contributed by atoms with E-state index in [0.717, 1.165) is 0 Å². The van der Waals surface area contributed by atoms with Crippen LogP contribution in [0.4, 0.5) is 5.69 Å². The molecule has 0 aromatic heterocycles. The minimum absolute atomic E-state index is 0.252. The maximum absolute atomic E-state index is 12.8. The van der Waals surface area contributed by atoms with Gasteiger partial charge in [0.25, 0.3) is 5.91 Å². The van der Waals surface area contributed by atoms with E-state index in [4.69, 9.17) is 18.9 Å². The molecule has 2 amide bonds. The topological polar surface area (TPSA) is 125 Å². The number of nitrogens with one attached hydrogen (secondary N) is 2. The van der Waals surface area contributed by atoms with Crippen molar-refractivity contribution >= 4 is 45.6 Å². The number of nitrogens with zero attached hydrogens (tertiary/aromatic N) is 1. The van der Waals surface area contributed by atoms with Crippen molar-refractivity contribution in [2.24, 2.45) is 16.9 Å². The van der Waals surface area contributed by atoms with Crippen LogP contribution in [0.1, 0.15) is 26.3 Å². The normalized spacial score (nSPS) is 11.6. The highest BCUT2D eigenvalue weighted by molar-refractivity contribution is 9.10. The van der Waals surface area contributed by atoms with Gasteiger partial charge in [-0.25, -0.2) is 10.2 Å². The molecule has 194 valence electrons. The van der Waals surface area contributed by atoms with Gasteiger partial charge in [-0.15, -0.1) is 0 Å². The smallest absolute Gasteiger partial charge is 0.344 e. The van der Waals surface area contributed by atoms with E-state index in [2.05, 4.69) is 31.8 Å². The molecule has 0 aliphatic rings. The fourth-order valence-electron chi connectivity index (χ4n) is 3.15. The Morgan fingerprint density at radius 1 is 1.06 bits per heavy atom. The largest absolute Gasteiger partial charge is 0.497 e. The zero-order valence-electron chi connectivity index (χ0n) is 20.8. The SMILES string of the molecule is CCOC(=O)COc1c(Br)cc(C=NNC(=O)C(C(=O)Nc2ccc(OC)cc2)C(C)C)cc1OC. The second kappa shape index (κ2) is 14.1. The first-order valence-corrected chi connectivity index (χ1v) is 11.9. The molecule has 1 atom stereocenters. The fraction of sp³-hybridized carbons (Fsp3) is 0.360. The molecule has 2 N–H and O–H groups in total. The standard InChI is InChI=1S/C25H30BrN3O7/c1-6-35-21(30)14-36-23-19(26)11-16(12-20(23)34-5)13-27-29-25(32)22(15(2)3)24(31)28-17-7-9-18(33-4)10-8-17/h7-13,15,22H,6,14H2,1-5H3,(H,28,31)(H,29,32). The highest BCUT2D eigenvalue weighted by Crippen LogP contribution is 2.36. The predicted octanol–water partition coefficient (Wildman–Crippen LogP) is 3.77. The summed E-state index contributed by atoms with van der Waals surface area (Å²) in [5, 5.41) is 6.73. The lowest BCUT2D eigenvalue weighted by molar-refractivity contribution is -0.145. The van der Waals surface area contributed by atoms with Gasteiger partial charge in [-0.2, -0.15) is 5.10 Å². The number of benzene rings is 2. The van der Waals surface area contributed by atoms with Crippen LogP contribution in [0.25, 0.3) is 0 Å². The number of hydrazone groups is 1. The highest BCUT2D eigenvalue weighted by atomic mass is 79.9. The molecule has 0 bridgehead atoms. The van der Waals surface area contributed by atoms with E-state index in [9.17, 15) is 14.4 Å². The summed E-state index contributed by atoms with van der Waals surface area (Å²) in [6.45, 7) is 5.24. The van der Waals surface area contributed by atoms with Crippen molar-refractivity contribution in [1.82, 2.24) is 5.43 Å². The number of carbonyl (C=O) groups is 3. The highest BCUT2D eigenvalue weighted by Gasteiger charge is 2.30. The Kier molecular flexibility index (Phi) is 11.2. The van der Waals surface area contributed by atoms with E-state index in [1.165, 1.54) is 13.3 Å². The Balaban J connectivity index is 2.07. The molecular weight excluding hydrogens is 534 g/mol. The molecule has 0 saturated carbocycles. The van der Waals surface area contributed by atoms with Crippen LogP contribution < -0.4 is 25.0 Å². The average molecular weight is 564 g/mol. The van der Waals surface area contributed by atoms with Crippen molar-refractivity contribution in [2.75, 3.05) is 32.8 Å². The number of hydrogen-bond donors (Lipinski definition) is 2. The molecule has 2 rings (SSSR count). The number of methoxy groups -OCH3 is 2. The van der Waals surface area contributed by atoms with Crippen molar-refractivity contribution in [3.63, 3.8) is 0 Å². The molecule has 0 aliphatic carbocycles. The summed E-state index contributed by atoms with van der Waals surface area (Å²) in [6, 6.07) is 10.1. The van der Waals surface area contributed by atoms with Crippen molar-refractivity contribution < 1.29 is 33.3 Å². The summed E-state index contributed by atoms with van der Waals surface area (Å²) in [6.07, 6.45) is 1.40. The monoisotopic (exact) mass is 563 g/mol. The van der Waals surface area contributed by atoms with Crippen molar-refractivity contribution in [2.45, 2.75) is 20.8 Å². The van der Waals surface area contributed by atoms with Crippen molar-refractivity contribution in [3.8, 4) is 17.2 Å². The first kappa shape index (κ1) is 28.6. The summed E-state index contributed by atoms with van der Waals surface area (Å²) in [5.41, 5.74) is 3.55. The van der Waals surface area contributed by atoms with Crippen LogP contribution in [-0.4, -0.2) is 51.4 Å². The van der Waals surface area contributed by atoms with Gasteiger partial charge < -0.3 is 24.3 Å². The maximum atomic E-state index is 12.8. The molecule has 2 aromatic rings. The number of halogens is 1. The third-order valence-corrected chi connectivity index (χ3v) is 5.46. The predicted molar refractivity (Wildman–Crippen MR) is 139 cm³/mol. The first-order valence-electron chi connectivity index (χ1n) is 11.1. The lowest BCUT2D eigenvalue weighted by atomic mass is 9.94. The van der Waals surface area contributed by atoms with Gasteiger partial charge in [0.05, 0.1) is 31.5 Å². The lowest BCUT2D eigenvalue weighted by Crippen LogP contribution is -2.39. The molecule has 36 heavy (non-hydrogen) atoms. The molecule has 0 saturated heterocycles. The van der Waals surface area contributed by atoms with E-state index in [1.807, 2.05) is 0 Å². The van der Waals surface area contributed by atoms with E-state index in [1.54, 1.807) is 64.3 Å². The molecule has 10 nitrogen and oxygen atoms in total. The van der Waals surface area contributed by atoms with Crippen LogP contribution in [0.5, 0.6) is 17.2 Å². The number of carbonyl (C=O) groups excluding carboxylic acids is 3. The zero-order valence-corrected chi connectivity index (χ0v) is 22.4. The molecule has 0 radical (unpaired) electrons. The lowest BCUT2D eigenvalue weighted by Gasteiger charge is -2.18. The molecular formula is C25H30BrN3O7. The number of rotatable bonds is 12. The van der Waals surface area contributed by atoms with Crippen LogP contribution in [-0.2, 0) is 19.1 Å². The first-order chi connectivity index (χ1) is 17.2. The third kappa shape index (κ3) is 8.26. The number of amides is 2. The number of esters is 1. The molecule has 0 fully saturated rings. The Bertz CT molecular complexity index is 1090. The number of anilines is 1. The molecule has 0 aliphatic heterocycles. The fourth-order valence-corrected chi connectivity index (χ4v) is 3.72. The van der Waals surface area contributed by atoms with E-state index in [-0.39, 0.29) is 19.1 Å².